The third-order valence-corrected chi connectivity index (χ3v) is 4.68. The molecule has 0 radical (unpaired) electrons. The van der Waals surface area contributed by atoms with Crippen molar-refractivity contribution in [3.63, 3.8) is 0 Å². The topological polar surface area (TPSA) is 35.6 Å². The summed E-state index contributed by atoms with van der Waals surface area (Å²) in [6, 6.07) is 3.17. The number of thiophene rings is 1. The number of carbonyl (C=O) groups excluding carboxylic acids is 1. The molecule has 0 spiro atoms. The van der Waals surface area contributed by atoms with Crippen LogP contribution < -0.4 is 5.32 Å². The summed E-state index contributed by atoms with van der Waals surface area (Å²) >= 11 is 1.75. The van der Waals surface area contributed by atoms with Crippen molar-refractivity contribution in [2.75, 3.05) is 33.7 Å². The van der Waals surface area contributed by atoms with Gasteiger partial charge >= 0.3 is 0 Å². The van der Waals surface area contributed by atoms with Crippen LogP contribution in [0.25, 0.3) is 0 Å². The highest BCUT2D eigenvalue weighted by molar-refractivity contribution is 7.07. The smallest absolute Gasteiger partial charge is 0.236 e. The maximum Gasteiger partial charge on any atom is 0.236 e. The largest absolute Gasteiger partial charge is 0.348 e. The standard InChI is InChI=1S/C15H25N3OS/c1-12(13-6-9-20-11-13)16-14-4-7-18(8-5-14)10-15(19)17(2)3/h6,9,11-12,14,16H,4-5,7-8,10H2,1-3H3. The average Bonchev–Trinajstić information content (AvgIpc) is 2.95. The fourth-order valence-electron chi connectivity index (χ4n) is 2.56. The highest BCUT2D eigenvalue weighted by atomic mass is 32.1. The zero-order valence-corrected chi connectivity index (χ0v) is 13.4. The van der Waals surface area contributed by atoms with Gasteiger partial charge in [-0.1, -0.05) is 0 Å². The Morgan fingerprint density at radius 3 is 2.75 bits per heavy atom. The summed E-state index contributed by atoms with van der Waals surface area (Å²) in [5, 5.41) is 8.04. The Kier molecular flexibility index (Phi) is 5.57. The van der Waals surface area contributed by atoms with Crippen LogP contribution in [0.3, 0.4) is 0 Å². The summed E-state index contributed by atoms with van der Waals surface area (Å²) in [4.78, 5) is 15.6. The number of likely N-dealkylation sites (tertiary alicyclic amines) is 1. The summed E-state index contributed by atoms with van der Waals surface area (Å²) in [6.07, 6.45) is 2.24. The maximum absolute atomic E-state index is 11.7. The zero-order chi connectivity index (χ0) is 14.5. The van der Waals surface area contributed by atoms with Crippen LogP contribution in [0.5, 0.6) is 0 Å². The Bertz CT molecular complexity index is 411. The van der Waals surface area contributed by atoms with Crippen LogP contribution in [0.2, 0.25) is 0 Å². The van der Waals surface area contributed by atoms with Crippen molar-refractivity contribution in [2.24, 2.45) is 0 Å². The molecule has 1 aromatic heterocycles. The molecule has 0 aliphatic carbocycles. The van der Waals surface area contributed by atoms with E-state index in [1.54, 1.807) is 16.2 Å². The summed E-state index contributed by atoms with van der Waals surface area (Å²) in [5.41, 5.74) is 1.38. The summed E-state index contributed by atoms with van der Waals surface area (Å²) in [6.45, 7) is 4.80. The van der Waals surface area contributed by atoms with E-state index < -0.39 is 0 Å². The Labute approximate surface area is 125 Å². The van der Waals surface area contributed by atoms with Crippen molar-refractivity contribution in [3.8, 4) is 0 Å². The lowest BCUT2D eigenvalue weighted by Crippen LogP contribution is -2.46. The molecule has 112 valence electrons. The highest BCUT2D eigenvalue weighted by Crippen LogP contribution is 2.19. The van der Waals surface area contributed by atoms with Crippen molar-refractivity contribution in [2.45, 2.75) is 31.8 Å². The molecule has 20 heavy (non-hydrogen) atoms. The van der Waals surface area contributed by atoms with Crippen molar-refractivity contribution in [1.82, 2.24) is 15.1 Å². The van der Waals surface area contributed by atoms with Crippen LogP contribution in [0.4, 0.5) is 0 Å². The van der Waals surface area contributed by atoms with Gasteiger partial charge in [0.1, 0.15) is 0 Å². The molecule has 0 aromatic carbocycles. The van der Waals surface area contributed by atoms with Crippen molar-refractivity contribution in [3.05, 3.63) is 22.4 Å². The lowest BCUT2D eigenvalue weighted by Gasteiger charge is -2.33. The molecule has 0 bridgehead atoms. The van der Waals surface area contributed by atoms with Crippen molar-refractivity contribution < 1.29 is 4.79 Å². The summed E-state index contributed by atoms with van der Waals surface area (Å²) in [7, 11) is 3.64. The van der Waals surface area contributed by atoms with Crippen LogP contribution in [0.15, 0.2) is 16.8 Å². The molecular formula is C15H25N3OS. The van der Waals surface area contributed by atoms with Gasteiger partial charge in [0, 0.05) is 39.3 Å². The SMILES string of the molecule is CC(NC1CCN(CC(=O)N(C)C)CC1)c1ccsc1. The van der Waals surface area contributed by atoms with E-state index in [4.69, 9.17) is 0 Å². The summed E-state index contributed by atoms with van der Waals surface area (Å²) in [5.74, 6) is 0.197. The van der Waals surface area contributed by atoms with E-state index in [0.717, 1.165) is 25.9 Å². The van der Waals surface area contributed by atoms with Gasteiger partial charge in [0.15, 0.2) is 0 Å². The van der Waals surface area contributed by atoms with Gasteiger partial charge in [-0.2, -0.15) is 11.3 Å². The average molecular weight is 295 g/mol. The molecule has 1 aromatic rings. The van der Waals surface area contributed by atoms with Gasteiger partial charge in [-0.15, -0.1) is 0 Å². The molecule has 1 amide bonds. The molecule has 1 saturated heterocycles. The van der Waals surface area contributed by atoms with E-state index in [-0.39, 0.29) is 5.91 Å². The number of likely N-dealkylation sites (N-methyl/N-ethyl adjacent to an activating group) is 1. The first-order valence-electron chi connectivity index (χ1n) is 7.27. The number of piperidine rings is 1. The van der Waals surface area contributed by atoms with E-state index in [0.29, 0.717) is 18.6 Å². The number of nitrogens with zero attached hydrogens (tertiary/aromatic N) is 2. The number of hydrogen-bond acceptors (Lipinski definition) is 4. The zero-order valence-electron chi connectivity index (χ0n) is 12.6. The van der Waals surface area contributed by atoms with Gasteiger partial charge in [-0.3, -0.25) is 9.69 Å². The van der Waals surface area contributed by atoms with E-state index in [9.17, 15) is 4.79 Å². The molecule has 2 heterocycles. The number of nitrogens with one attached hydrogen (secondary N) is 1. The van der Waals surface area contributed by atoms with Gasteiger partial charge < -0.3 is 10.2 Å². The summed E-state index contributed by atoms with van der Waals surface area (Å²) < 4.78 is 0. The Balaban J connectivity index is 1.73. The second kappa shape index (κ2) is 7.20. The van der Waals surface area contributed by atoms with Gasteiger partial charge in [-0.05, 0) is 42.2 Å². The number of amides is 1. The van der Waals surface area contributed by atoms with Gasteiger partial charge in [0.2, 0.25) is 5.91 Å². The Morgan fingerprint density at radius 1 is 1.50 bits per heavy atom. The predicted molar refractivity (Wildman–Crippen MR) is 84.0 cm³/mol. The van der Waals surface area contributed by atoms with Crippen LogP contribution >= 0.6 is 11.3 Å². The second-order valence-corrected chi connectivity index (χ2v) is 6.56. The molecule has 1 aliphatic heterocycles. The molecule has 2 rings (SSSR count). The van der Waals surface area contributed by atoms with Gasteiger partial charge in [0.25, 0.3) is 0 Å². The van der Waals surface area contributed by atoms with Crippen LogP contribution in [-0.2, 0) is 4.79 Å². The molecule has 0 saturated carbocycles. The fourth-order valence-corrected chi connectivity index (χ4v) is 3.32. The third-order valence-electron chi connectivity index (χ3n) is 3.97. The Hall–Kier alpha value is -0.910. The second-order valence-electron chi connectivity index (χ2n) is 5.78. The van der Waals surface area contributed by atoms with Crippen LogP contribution in [0.1, 0.15) is 31.4 Å². The molecule has 1 unspecified atom stereocenters. The van der Waals surface area contributed by atoms with E-state index in [2.05, 4.69) is 34.0 Å². The first-order valence-corrected chi connectivity index (χ1v) is 8.21. The van der Waals surface area contributed by atoms with Gasteiger partial charge in [0.05, 0.1) is 6.54 Å². The van der Waals surface area contributed by atoms with Crippen molar-refractivity contribution in [1.29, 1.82) is 0 Å². The van der Waals surface area contributed by atoms with E-state index >= 15 is 0 Å². The predicted octanol–water partition coefficient (Wildman–Crippen LogP) is 1.95. The van der Waals surface area contributed by atoms with E-state index in [1.165, 1.54) is 5.56 Å². The minimum atomic E-state index is 0.197. The monoisotopic (exact) mass is 295 g/mol. The first kappa shape index (κ1) is 15.5. The molecule has 1 fully saturated rings. The molecule has 4 nitrogen and oxygen atoms in total. The fraction of sp³-hybridized carbons (Fsp3) is 0.667. The molecular weight excluding hydrogens is 270 g/mol. The van der Waals surface area contributed by atoms with Crippen LogP contribution in [-0.4, -0.2) is 55.5 Å². The molecule has 1 aliphatic rings. The number of carbonyl (C=O) groups is 1. The third kappa shape index (κ3) is 4.30. The highest BCUT2D eigenvalue weighted by Gasteiger charge is 2.22. The minimum absolute atomic E-state index is 0.197. The lowest BCUT2D eigenvalue weighted by molar-refractivity contribution is -0.130. The quantitative estimate of drug-likeness (QED) is 0.902. The normalized spacial score (nSPS) is 18.9. The number of hydrogen-bond donors (Lipinski definition) is 1. The van der Waals surface area contributed by atoms with E-state index in [1.807, 2.05) is 14.1 Å². The minimum Gasteiger partial charge on any atom is -0.348 e. The first-order chi connectivity index (χ1) is 9.56. The molecule has 1 N–H and O–H groups in total. The van der Waals surface area contributed by atoms with Crippen molar-refractivity contribution >= 4 is 17.2 Å². The molecule has 5 heteroatoms. The van der Waals surface area contributed by atoms with Crippen LogP contribution in [0, 0.1) is 0 Å². The Morgan fingerprint density at radius 2 is 2.20 bits per heavy atom. The lowest BCUT2D eigenvalue weighted by atomic mass is 10.0. The number of rotatable bonds is 5. The maximum atomic E-state index is 11.7. The molecule has 1 atom stereocenters. The van der Waals surface area contributed by atoms with Gasteiger partial charge in [-0.25, -0.2) is 0 Å².